The first-order valence-corrected chi connectivity index (χ1v) is 7.80. The molecule has 0 atom stereocenters. The Labute approximate surface area is 135 Å². The molecule has 0 amide bonds. The highest BCUT2D eigenvalue weighted by Crippen LogP contribution is 2.26. The van der Waals surface area contributed by atoms with Crippen LogP contribution in [0.5, 0.6) is 0 Å². The summed E-state index contributed by atoms with van der Waals surface area (Å²) in [6.45, 7) is 6.31. The number of hydrogen-bond acceptors (Lipinski definition) is 3. The number of rotatable bonds is 2. The molecule has 19 heavy (non-hydrogen) atoms. The van der Waals surface area contributed by atoms with Crippen LogP contribution in [0.1, 0.15) is 26.6 Å². The van der Waals surface area contributed by atoms with E-state index in [1.54, 1.807) is 0 Å². The number of aromatic nitrogens is 2. The summed E-state index contributed by atoms with van der Waals surface area (Å²) in [5.41, 5.74) is 0.970. The first kappa shape index (κ1) is 14.7. The van der Waals surface area contributed by atoms with Crippen LogP contribution in [0.3, 0.4) is 0 Å². The number of anilines is 2. The highest BCUT2D eigenvalue weighted by molar-refractivity contribution is 14.1. The average Bonchev–Trinajstić information content (AvgIpc) is 2.30. The average molecular weight is 432 g/mol. The molecule has 0 aliphatic carbocycles. The fourth-order valence-electron chi connectivity index (χ4n) is 1.52. The van der Waals surface area contributed by atoms with E-state index in [0.29, 0.717) is 0 Å². The van der Waals surface area contributed by atoms with Crippen molar-refractivity contribution in [1.82, 2.24) is 9.97 Å². The fourth-order valence-corrected chi connectivity index (χ4v) is 2.42. The summed E-state index contributed by atoms with van der Waals surface area (Å²) >= 11 is 5.75. The minimum absolute atomic E-state index is 0.0793. The van der Waals surface area contributed by atoms with Crippen LogP contribution >= 0.6 is 38.5 Å². The van der Waals surface area contributed by atoms with E-state index >= 15 is 0 Å². The minimum Gasteiger partial charge on any atom is -0.339 e. The van der Waals surface area contributed by atoms with Gasteiger partial charge in [-0.3, -0.25) is 0 Å². The summed E-state index contributed by atoms with van der Waals surface area (Å²) in [6.07, 6.45) is 0. The maximum Gasteiger partial charge on any atom is 0.137 e. The van der Waals surface area contributed by atoms with Crippen LogP contribution < -0.4 is 5.32 Å². The predicted molar refractivity (Wildman–Crippen MR) is 90.9 cm³/mol. The van der Waals surface area contributed by atoms with Gasteiger partial charge in [0.1, 0.15) is 16.2 Å². The van der Waals surface area contributed by atoms with Crippen molar-refractivity contribution in [3.63, 3.8) is 0 Å². The first-order valence-electron chi connectivity index (χ1n) is 5.93. The van der Waals surface area contributed by atoms with Crippen molar-refractivity contribution >= 4 is 50.0 Å². The summed E-state index contributed by atoms with van der Waals surface area (Å²) < 4.78 is 1.95. The van der Waals surface area contributed by atoms with Gasteiger partial charge in [-0.2, -0.15) is 0 Å². The van der Waals surface area contributed by atoms with Gasteiger partial charge in [0.15, 0.2) is 0 Å². The molecule has 1 heterocycles. The van der Waals surface area contributed by atoms with Crippen LogP contribution in [0.4, 0.5) is 11.5 Å². The third-order valence-corrected chi connectivity index (χ3v) is 3.85. The lowest BCUT2D eigenvalue weighted by Gasteiger charge is -2.18. The Balaban J connectivity index is 2.36. The van der Waals surface area contributed by atoms with E-state index in [2.05, 4.69) is 80.6 Å². The summed E-state index contributed by atoms with van der Waals surface area (Å²) in [7, 11) is 0. The van der Waals surface area contributed by atoms with Gasteiger partial charge in [-0.15, -0.1) is 0 Å². The van der Waals surface area contributed by atoms with Gasteiger partial charge in [0.25, 0.3) is 0 Å². The molecule has 2 aromatic rings. The molecule has 0 unspecified atom stereocenters. The molecule has 0 bridgehead atoms. The molecule has 0 saturated carbocycles. The fraction of sp³-hybridized carbons (Fsp3) is 0.286. The van der Waals surface area contributed by atoms with Gasteiger partial charge in [0.2, 0.25) is 0 Å². The number of nitrogens with zero attached hydrogens (tertiary/aromatic N) is 2. The predicted octanol–water partition coefficient (Wildman–Crippen LogP) is 4.88. The number of halogens is 2. The molecule has 2 rings (SSSR count). The molecule has 0 radical (unpaired) electrons. The van der Waals surface area contributed by atoms with E-state index in [4.69, 9.17) is 0 Å². The highest BCUT2D eigenvalue weighted by atomic mass is 127. The van der Waals surface area contributed by atoms with Gasteiger partial charge in [0, 0.05) is 15.1 Å². The van der Waals surface area contributed by atoms with Crippen molar-refractivity contribution < 1.29 is 0 Å². The van der Waals surface area contributed by atoms with Crippen LogP contribution in [0, 0.1) is 3.57 Å². The largest absolute Gasteiger partial charge is 0.339 e. The van der Waals surface area contributed by atoms with Crippen molar-refractivity contribution in [3.8, 4) is 0 Å². The van der Waals surface area contributed by atoms with E-state index in [1.807, 2.05) is 24.3 Å². The Hall–Kier alpha value is -0.690. The van der Waals surface area contributed by atoms with Crippen molar-refractivity contribution in [2.75, 3.05) is 5.32 Å². The standard InChI is InChI=1S/C14H15BrIN3/c1-14(2,3)13-18-11(15)8-12(19-13)17-10-7-5-4-6-9(10)16/h4-8H,1-3H3,(H,17,18,19). The van der Waals surface area contributed by atoms with E-state index in [0.717, 1.165) is 25.5 Å². The molecule has 100 valence electrons. The quantitative estimate of drug-likeness (QED) is 0.543. The topological polar surface area (TPSA) is 37.8 Å². The third kappa shape index (κ3) is 3.89. The van der Waals surface area contributed by atoms with Crippen molar-refractivity contribution in [2.45, 2.75) is 26.2 Å². The van der Waals surface area contributed by atoms with E-state index in [1.165, 1.54) is 0 Å². The Morgan fingerprint density at radius 2 is 1.84 bits per heavy atom. The lowest BCUT2D eigenvalue weighted by Crippen LogP contribution is -2.17. The number of nitrogens with one attached hydrogen (secondary N) is 1. The molecule has 1 aromatic heterocycles. The second kappa shape index (κ2) is 5.75. The number of para-hydroxylation sites is 1. The van der Waals surface area contributed by atoms with E-state index < -0.39 is 0 Å². The van der Waals surface area contributed by atoms with Crippen LogP contribution in [0.25, 0.3) is 0 Å². The Kier molecular flexibility index (Phi) is 4.45. The van der Waals surface area contributed by atoms with Crippen molar-refractivity contribution in [3.05, 3.63) is 44.3 Å². The summed E-state index contributed by atoms with van der Waals surface area (Å²) in [6, 6.07) is 10.0. The first-order chi connectivity index (χ1) is 8.86. The monoisotopic (exact) mass is 431 g/mol. The molecule has 0 saturated heterocycles. The highest BCUT2D eigenvalue weighted by Gasteiger charge is 2.18. The van der Waals surface area contributed by atoms with Crippen molar-refractivity contribution in [2.24, 2.45) is 0 Å². The Morgan fingerprint density at radius 1 is 1.16 bits per heavy atom. The smallest absolute Gasteiger partial charge is 0.137 e. The summed E-state index contributed by atoms with van der Waals surface area (Å²) in [5.74, 6) is 1.62. The van der Waals surface area contributed by atoms with Gasteiger partial charge in [-0.1, -0.05) is 32.9 Å². The van der Waals surface area contributed by atoms with E-state index in [9.17, 15) is 0 Å². The van der Waals surface area contributed by atoms with Gasteiger partial charge >= 0.3 is 0 Å². The zero-order valence-corrected chi connectivity index (χ0v) is 14.8. The minimum atomic E-state index is -0.0793. The van der Waals surface area contributed by atoms with Gasteiger partial charge in [-0.05, 0) is 50.7 Å². The summed E-state index contributed by atoms with van der Waals surface area (Å²) in [4.78, 5) is 9.02. The lowest BCUT2D eigenvalue weighted by atomic mass is 9.96. The maximum absolute atomic E-state index is 4.59. The zero-order valence-electron chi connectivity index (χ0n) is 11.0. The maximum atomic E-state index is 4.59. The molecule has 3 nitrogen and oxygen atoms in total. The van der Waals surface area contributed by atoms with Crippen LogP contribution in [0.15, 0.2) is 34.9 Å². The second-order valence-corrected chi connectivity index (χ2v) is 7.23. The van der Waals surface area contributed by atoms with Gasteiger partial charge < -0.3 is 5.32 Å². The van der Waals surface area contributed by atoms with Crippen molar-refractivity contribution in [1.29, 1.82) is 0 Å². The van der Waals surface area contributed by atoms with Gasteiger partial charge in [0.05, 0.1) is 5.69 Å². The molecule has 0 aliphatic rings. The molecule has 0 aliphatic heterocycles. The van der Waals surface area contributed by atoms with Crippen LogP contribution in [-0.2, 0) is 5.41 Å². The SMILES string of the molecule is CC(C)(C)c1nc(Br)cc(Nc2ccccc2I)n1. The molecule has 1 N–H and O–H groups in total. The second-order valence-electron chi connectivity index (χ2n) is 5.25. The molecule has 5 heteroatoms. The van der Waals surface area contributed by atoms with E-state index in [-0.39, 0.29) is 5.41 Å². The molecule has 1 aromatic carbocycles. The molecule has 0 spiro atoms. The van der Waals surface area contributed by atoms with Crippen LogP contribution in [-0.4, -0.2) is 9.97 Å². The molecule has 0 fully saturated rings. The summed E-state index contributed by atoms with van der Waals surface area (Å²) in [5, 5.41) is 3.34. The lowest BCUT2D eigenvalue weighted by molar-refractivity contribution is 0.544. The van der Waals surface area contributed by atoms with Crippen LogP contribution in [0.2, 0.25) is 0 Å². The molecular formula is C14H15BrIN3. The Bertz CT molecular complexity index is 593. The number of hydrogen-bond donors (Lipinski definition) is 1. The zero-order chi connectivity index (χ0) is 14.0. The third-order valence-electron chi connectivity index (χ3n) is 2.50. The van der Waals surface area contributed by atoms with Gasteiger partial charge in [-0.25, -0.2) is 9.97 Å². The Morgan fingerprint density at radius 3 is 2.47 bits per heavy atom. The normalized spacial score (nSPS) is 11.4. The number of benzene rings is 1. The molecular weight excluding hydrogens is 417 g/mol.